The number of fused-ring (bicyclic) bond motifs is 15. The number of rotatable bonds is 1. The van der Waals surface area contributed by atoms with E-state index < -0.39 is 0 Å². The van der Waals surface area contributed by atoms with Gasteiger partial charge in [-0.2, -0.15) is 0 Å². The third-order valence-electron chi connectivity index (χ3n) is 10.4. The van der Waals surface area contributed by atoms with Gasteiger partial charge in [-0.05, 0) is 52.2 Å². The molecular formula is C42H22N4. The summed E-state index contributed by atoms with van der Waals surface area (Å²) in [5.74, 6) is 0.702. The summed E-state index contributed by atoms with van der Waals surface area (Å²) in [4.78, 5) is 10.8. The summed E-state index contributed by atoms with van der Waals surface area (Å²) >= 11 is 0. The van der Waals surface area contributed by atoms with Crippen LogP contribution in [-0.2, 0) is 0 Å². The first-order valence-corrected chi connectivity index (χ1v) is 15.8. The second-order valence-electron chi connectivity index (χ2n) is 12.5. The molecule has 46 heavy (non-hydrogen) atoms. The Morgan fingerprint density at radius 2 is 1.13 bits per heavy atom. The normalized spacial score (nSPS) is 12.8. The molecule has 0 aliphatic heterocycles. The largest absolute Gasteiger partial charge is 0.308 e. The maximum atomic E-state index is 5.43. The minimum atomic E-state index is 0.702. The van der Waals surface area contributed by atoms with Crippen LogP contribution in [0.4, 0.5) is 0 Å². The smallest absolute Gasteiger partial charge is 0.235 e. The van der Waals surface area contributed by atoms with Crippen LogP contribution in [0.25, 0.3) is 110 Å². The Morgan fingerprint density at radius 1 is 0.413 bits per heavy atom. The van der Waals surface area contributed by atoms with Gasteiger partial charge in [0, 0.05) is 43.3 Å². The zero-order chi connectivity index (χ0) is 29.7. The number of aromatic nitrogens is 4. The molecule has 0 spiro atoms. The molecular weight excluding hydrogens is 560 g/mol. The van der Waals surface area contributed by atoms with Gasteiger partial charge in [0.2, 0.25) is 5.95 Å². The van der Waals surface area contributed by atoms with Gasteiger partial charge in [0.05, 0.1) is 38.8 Å². The molecule has 0 saturated heterocycles. The lowest BCUT2D eigenvalue weighted by Gasteiger charge is -2.10. The van der Waals surface area contributed by atoms with Gasteiger partial charge in [-0.1, -0.05) is 103 Å². The van der Waals surface area contributed by atoms with E-state index in [0.29, 0.717) is 5.95 Å². The van der Waals surface area contributed by atoms with Crippen molar-refractivity contribution in [3.8, 4) is 28.3 Å². The topological polar surface area (TPSA) is 35.1 Å². The molecule has 210 valence electrons. The van der Waals surface area contributed by atoms with Crippen LogP contribution in [0.15, 0.2) is 133 Å². The molecule has 0 atom stereocenters. The van der Waals surface area contributed by atoms with Crippen molar-refractivity contribution in [3.63, 3.8) is 0 Å². The Morgan fingerprint density at radius 3 is 2.02 bits per heavy atom. The monoisotopic (exact) mass is 582 g/mol. The summed E-state index contributed by atoms with van der Waals surface area (Å²) in [6.45, 7) is 0. The molecule has 0 bridgehead atoms. The van der Waals surface area contributed by atoms with Crippen LogP contribution in [0.1, 0.15) is 0 Å². The summed E-state index contributed by atoms with van der Waals surface area (Å²) in [6.07, 6.45) is 0. The minimum absolute atomic E-state index is 0.702. The maximum absolute atomic E-state index is 5.43. The number of hydrogen-bond donors (Lipinski definition) is 0. The fraction of sp³-hybridized carbons (Fsp3) is 0. The van der Waals surface area contributed by atoms with E-state index >= 15 is 0 Å². The van der Waals surface area contributed by atoms with Crippen molar-refractivity contribution < 1.29 is 0 Å². The fourth-order valence-electron chi connectivity index (χ4n) is 8.60. The molecule has 11 aromatic rings. The van der Waals surface area contributed by atoms with Crippen molar-refractivity contribution in [2.45, 2.75) is 0 Å². The van der Waals surface area contributed by atoms with Gasteiger partial charge in [-0.3, -0.25) is 4.57 Å². The first kappa shape index (κ1) is 23.2. The lowest BCUT2D eigenvalue weighted by molar-refractivity contribution is 1.02. The predicted molar refractivity (Wildman–Crippen MR) is 190 cm³/mol. The molecule has 4 nitrogen and oxygen atoms in total. The van der Waals surface area contributed by atoms with Crippen molar-refractivity contribution in [1.29, 1.82) is 0 Å². The summed E-state index contributed by atoms with van der Waals surface area (Å²) in [6, 6.07) is 48.4. The number of para-hydroxylation sites is 2. The van der Waals surface area contributed by atoms with E-state index in [1.807, 2.05) is 0 Å². The van der Waals surface area contributed by atoms with Crippen molar-refractivity contribution in [2.24, 2.45) is 0 Å². The number of benzene rings is 7. The Balaban J connectivity index is 1.36. The number of hydrogen-bond acceptors (Lipinski definition) is 2. The Kier molecular flexibility index (Phi) is 3.96. The van der Waals surface area contributed by atoms with Crippen LogP contribution in [0.3, 0.4) is 0 Å². The van der Waals surface area contributed by atoms with Crippen LogP contribution in [0.2, 0.25) is 0 Å². The van der Waals surface area contributed by atoms with Gasteiger partial charge >= 0.3 is 0 Å². The van der Waals surface area contributed by atoms with E-state index in [1.165, 1.54) is 76.3 Å². The standard InChI is InChI=1S/C42H22N4/c1-2-11-24-23(10-1)20-21-34-37(24)39-35(22-30-26-13-5-7-18-32(26)45-33-19-8-6-15-29(33)38(39)41(30)45)46(34)42-43-31-17-9-16-27-25-12-3-4-14-28(25)40(44-42)36(27)31/h1-22H. The predicted octanol–water partition coefficient (Wildman–Crippen LogP) is 10.7. The lowest BCUT2D eigenvalue weighted by Crippen LogP contribution is -2.02. The van der Waals surface area contributed by atoms with E-state index in [2.05, 4.69) is 142 Å². The van der Waals surface area contributed by atoms with E-state index in [0.717, 1.165) is 27.6 Å². The van der Waals surface area contributed by atoms with E-state index in [-0.39, 0.29) is 0 Å². The fourth-order valence-corrected chi connectivity index (χ4v) is 8.60. The summed E-state index contributed by atoms with van der Waals surface area (Å²) in [5, 5.41) is 11.2. The van der Waals surface area contributed by atoms with Crippen molar-refractivity contribution in [2.75, 3.05) is 0 Å². The highest BCUT2D eigenvalue weighted by molar-refractivity contribution is 6.38. The summed E-state index contributed by atoms with van der Waals surface area (Å²) in [5.41, 5.74) is 11.6. The molecule has 0 fully saturated rings. The third kappa shape index (κ3) is 2.57. The molecule has 1 aliphatic rings. The average Bonchev–Trinajstić information content (AvgIpc) is 3.83. The number of nitrogens with zero attached hydrogens (tertiary/aromatic N) is 4. The highest BCUT2D eigenvalue weighted by atomic mass is 15.2. The zero-order valence-electron chi connectivity index (χ0n) is 24.5. The molecule has 0 amide bonds. The van der Waals surface area contributed by atoms with Gasteiger partial charge in [0.25, 0.3) is 0 Å². The molecule has 1 aliphatic carbocycles. The summed E-state index contributed by atoms with van der Waals surface area (Å²) < 4.78 is 4.79. The molecule has 4 heterocycles. The van der Waals surface area contributed by atoms with Crippen LogP contribution in [0, 0.1) is 0 Å². The Labute approximate surface area is 261 Å². The second-order valence-corrected chi connectivity index (χ2v) is 12.5. The van der Waals surface area contributed by atoms with Crippen molar-refractivity contribution in [3.05, 3.63) is 133 Å². The Hall–Kier alpha value is -6.26. The quantitative estimate of drug-likeness (QED) is 0.193. The molecule has 4 heteroatoms. The molecule has 4 aromatic heterocycles. The molecule has 0 N–H and O–H groups in total. The van der Waals surface area contributed by atoms with Gasteiger partial charge in [0.15, 0.2) is 0 Å². The average molecular weight is 583 g/mol. The SMILES string of the molecule is c1ccc2c(c1)-c1cccc3nc(-n4c5ccc6ccccc6c5c5c6c7ccccc7n7c8ccccc8c(cc54)c67)nc-2c13. The molecule has 12 rings (SSSR count). The van der Waals surface area contributed by atoms with Crippen LogP contribution < -0.4 is 0 Å². The third-order valence-corrected chi connectivity index (χ3v) is 10.4. The molecule has 7 aromatic carbocycles. The molecule has 0 radical (unpaired) electrons. The van der Waals surface area contributed by atoms with Crippen molar-refractivity contribution in [1.82, 2.24) is 18.9 Å². The van der Waals surface area contributed by atoms with Gasteiger partial charge < -0.3 is 4.40 Å². The first-order chi connectivity index (χ1) is 22.8. The van der Waals surface area contributed by atoms with E-state index in [4.69, 9.17) is 9.97 Å². The van der Waals surface area contributed by atoms with E-state index in [9.17, 15) is 0 Å². The minimum Gasteiger partial charge on any atom is -0.308 e. The van der Waals surface area contributed by atoms with Crippen molar-refractivity contribution >= 4 is 81.6 Å². The molecule has 0 unspecified atom stereocenters. The van der Waals surface area contributed by atoms with Gasteiger partial charge in [-0.25, -0.2) is 9.97 Å². The second kappa shape index (κ2) is 7.87. The molecule has 0 saturated carbocycles. The highest BCUT2D eigenvalue weighted by Gasteiger charge is 2.28. The maximum Gasteiger partial charge on any atom is 0.235 e. The van der Waals surface area contributed by atoms with E-state index in [1.54, 1.807) is 0 Å². The van der Waals surface area contributed by atoms with Crippen LogP contribution in [0.5, 0.6) is 0 Å². The van der Waals surface area contributed by atoms with Crippen LogP contribution in [-0.4, -0.2) is 18.9 Å². The van der Waals surface area contributed by atoms with Gasteiger partial charge in [0.1, 0.15) is 0 Å². The summed E-state index contributed by atoms with van der Waals surface area (Å²) in [7, 11) is 0. The highest BCUT2D eigenvalue weighted by Crippen LogP contribution is 2.49. The zero-order valence-corrected chi connectivity index (χ0v) is 24.5. The Bertz CT molecular complexity index is 3140. The van der Waals surface area contributed by atoms with Crippen LogP contribution >= 0.6 is 0 Å². The van der Waals surface area contributed by atoms with Gasteiger partial charge in [-0.15, -0.1) is 0 Å². The first-order valence-electron chi connectivity index (χ1n) is 15.8. The lowest BCUT2D eigenvalue weighted by atomic mass is 9.99.